The van der Waals surface area contributed by atoms with Gasteiger partial charge in [0.15, 0.2) is 19.8 Å². The van der Waals surface area contributed by atoms with Crippen molar-refractivity contribution in [2.75, 3.05) is 0 Å². The maximum Gasteiger partial charge on any atom is 0.199 e. The second kappa shape index (κ2) is 7.24. The fourth-order valence-electron chi connectivity index (χ4n) is 2.79. The number of hydrogen-bond acceptors (Lipinski definition) is 6. The highest BCUT2D eigenvalue weighted by Gasteiger charge is 2.32. The fraction of sp³-hybridized carbons (Fsp3) is 0.211. The van der Waals surface area contributed by atoms with E-state index in [1.165, 1.54) is 24.4 Å². The number of aldehydes is 1. The normalized spacial score (nSPS) is 13.3. The van der Waals surface area contributed by atoms with Crippen molar-refractivity contribution in [3.8, 4) is 22.8 Å². The number of carbonyl (C=O) groups excluding carboxylic acids is 1. The molecule has 2 N–H and O–H groups in total. The molecule has 136 valence electrons. The molecule has 0 aliphatic rings. The smallest absolute Gasteiger partial charge is 0.199 e. The Morgan fingerprint density at radius 1 is 1.22 bits per heavy atom. The Labute approximate surface area is 157 Å². The number of phenolic OH excluding ortho intramolecular Hbond substituents is 1. The maximum atomic E-state index is 11.3. The fourth-order valence-corrected chi connectivity index (χ4v) is 2.79. The van der Waals surface area contributed by atoms with Gasteiger partial charge in [-0.1, -0.05) is 6.07 Å². The van der Waals surface area contributed by atoms with Gasteiger partial charge in [0.2, 0.25) is 0 Å². The van der Waals surface area contributed by atoms with Crippen molar-refractivity contribution in [1.29, 1.82) is 0 Å². The molecule has 7 nitrogen and oxygen atoms in total. The number of aromatic nitrogens is 3. The average molecular weight is 363 g/mol. The van der Waals surface area contributed by atoms with Crippen LogP contribution in [0.2, 0.25) is 0 Å². The van der Waals surface area contributed by atoms with E-state index in [0.717, 1.165) is 0 Å². The van der Waals surface area contributed by atoms with Gasteiger partial charge in [0.1, 0.15) is 17.2 Å². The summed E-state index contributed by atoms with van der Waals surface area (Å²) in [7, 11) is 6.02. The minimum atomic E-state index is -2.35. The Morgan fingerprint density at radius 3 is 2.70 bits per heavy atom. The average Bonchev–Trinajstić information content (AvgIpc) is 3.11. The van der Waals surface area contributed by atoms with Gasteiger partial charge < -0.3 is 14.9 Å². The number of benzene rings is 1. The lowest BCUT2D eigenvalue weighted by Gasteiger charge is -2.28. The zero-order valence-electron chi connectivity index (χ0n) is 14.9. The monoisotopic (exact) mass is 363 g/mol. The minimum Gasteiger partial charge on any atom is -0.507 e. The first-order valence-corrected chi connectivity index (χ1v) is 8.32. The molecule has 0 bridgehead atoms. The lowest BCUT2D eigenvalue weighted by Crippen LogP contribution is -2.35. The summed E-state index contributed by atoms with van der Waals surface area (Å²) in [5.74, 6) is -0.346. The van der Waals surface area contributed by atoms with Crippen LogP contribution < -0.4 is 4.74 Å². The van der Waals surface area contributed by atoms with E-state index in [4.69, 9.17) is 12.6 Å². The van der Waals surface area contributed by atoms with Crippen LogP contribution in [-0.2, 0) is 5.69 Å². The number of pyridine rings is 1. The highest BCUT2D eigenvalue weighted by Crippen LogP contribution is 2.34. The van der Waals surface area contributed by atoms with Crippen LogP contribution in [0.4, 0.5) is 0 Å². The number of ether oxygens (including phenoxy) is 1. The van der Waals surface area contributed by atoms with Crippen LogP contribution in [0.25, 0.3) is 11.3 Å². The van der Waals surface area contributed by atoms with Gasteiger partial charge in [-0.3, -0.25) is 14.5 Å². The van der Waals surface area contributed by atoms with Crippen molar-refractivity contribution in [2.45, 2.75) is 25.6 Å². The third-order valence-electron chi connectivity index (χ3n) is 4.01. The van der Waals surface area contributed by atoms with Crippen LogP contribution in [0.1, 0.15) is 35.9 Å². The van der Waals surface area contributed by atoms with Crippen LogP contribution in [0.3, 0.4) is 0 Å². The Bertz CT molecular complexity index is 969. The standard InChI is InChI=1S/C19H18BN3O4/c1-12(2)23-15(8-10-22-23)13-5-4-9-21-18(13)19(20,26)27-17-7-3-6-16(25)14(17)11-24/h3-12,25-26H,1-2H3. The molecule has 0 aliphatic heterocycles. The summed E-state index contributed by atoms with van der Waals surface area (Å²) in [4.78, 5) is 15.4. The first-order chi connectivity index (χ1) is 12.8. The van der Waals surface area contributed by atoms with Gasteiger partial charge in [-0.2, -0.15) is 5.10 Å². The largest absolute Gasteiger partial charge is 0.507 e. The Kier molecular flexibility index (Phi) is 5.01. The van der Waals surface area contributed by atoms with Gasteiger partial charge in [-0.15, -0.1) is 0 Å². The molecule has 1 aromatic carbocycles. The van der Waals surface area contributed by atoms with E-state index < -0.39 is 5.69 Å². The van der Waals surface area contributed by atoms with E-state index in [1.807, 2.05) is 13.8 Å². The summed E-state index contributed by atoms with van der Waals surface area (Å²) in [6.45, 7) is 3.95. The van der Waals surface area contributed by atoms with Crippen LogP contribution in [0, 0.1) is 0 Å². The number of aliphatic hydroxyl groups is 1. The van der Waals surface area contributed by atoms with Crippen molar-refractivity contribution in [3.63, 3.8) is 0 Å². The number of nitrogens with zero attached hydrogens (tertiary/aromatic N) is 3. The summed E-state index contributed by atoms with van der Waals surface area (Å²) in [6, 6.07) is 9.52. The summed E-state index contributed by atoms with van der Waals surface area (Å²) in [5, 5.41) is 24.9. The van der Waals surface area contributed by atoms with Crippen LogP contribution >= 0.6 is 0 Å². The van der Waals surface area contributed by atoms with Crippen molar-refractivity contribution in [3.05, 3.63) is 60.0 Å². The number of aromatic hydroxyl groups is 1. The SMILES string of the molecule is [B]C(O)(Oc1cccc(O)c1C=O)c1ncccc1-c1ccnn1C(C)C. The van der Waals surface area contributed by atoms with Gasteiger partial charge in [-0.05, 0) is 44.2 Å². The summed E-state index contributed by atoms with van der Waals surface area (Å²) in [5.41, 5.74) is -1.19. The predicted molar refractivity (Wildman–Crippen MR) is 99.6 cm³/mol. The molecule has 0 saturated heterocycles. The molecule has 0 amide bonds. The van der Waals surface area contributed by atoms with E-state index in [9.17, 15) is 15.0 Å². The van der Waals surface area contributed by atoms with Crippen molar-refractivity contribution >= 4 is 14.1 Å². The minimum absolute atomic E-state index is 0.0487. The summed E-state index contributed by atoms with van der Waals surface area (Å²) in [6.07, 6.45) is 3.54. The van der Waals surface area contributed by atoms with Gasteiger partial charge in [0.25, 0.3) is 0 Å². The third-order valence-corrected chi connectivity index (χ3v) is 4.01. The van der Waals surface area contributed by atoms with Crippen LogP contribution in [0.5, 0.6) is 11.5 Å². The van der Waals surface area contributed by atoms with E-state index in [-0.39, 0.29) is 28.8 Å². The quantitative estimate of drug-likeness (QED) is 0.397. The molecule has 1 unspecified atom stereocenters. The van der Waals surface area contributed by atoms with Gasteiger partial charge in [0.05, 0.1) is 11.3 Å². The maximum absolute atomic E-state index is 11.3. The molecule has 1 atom stereocenters. The number of phenols is 1. The number of hydrogen-bond donors (Lipinski definition) is 2. The van der Waals surface area contributed by atoms with E-state index in [0.29, 0.717) is 17.5 Å². The highest BCUT2D eigenvalue weighted by atomic mass is 16.6. The third kappa shape index (κ3) is 3.57. The molecular formula is C19H18BN3O4. The Hall–Kier alpha value is -3.13. The molecule has 3 aromatic rings. The molecule has 0 saturated carbocycles. The molecule has 0 fully saturated rings. The second-order valence-electron chi connectivity index (χ2n) is 6.26. The first kappa shape index (κ1) is 18.7. The highest BCUT2D eigenvalue weighted by molar-refractivity contribution is 6.14. The summed E-state index contributed by atoms with van der Waals surface area (Å²) >= 11 is 0. The summed E-state index contributed by atoms with van der Waals surface area (Å²) < 4.78 is 7.25. The molecule has 0 spiro atoms. The van der Waals surface area contributed by atoms with Crippen molar-refractivity contribution < 1.29 is 19.7 Å². The lowest BCUT2D eigenvalue weighted by molar-refractivity contribution is -0.0706. The molecule has 8 heteroatoms. The number of rotatable bonds is 6. The topological polar surface area (TPSA) is 97.5 Å². The molecule has 2 aromatic heterocycles. The van der Waals surface area contributed by atoms with E-state index >= 15 is 0 Å². The zero-order chi connectivity index (χ0) is 19.6. The van der Waals surface area contributed by atoms with Crippen LogP contribution in [0.15, 0.2) is 48.8 Å². The van der Waals surface area contributed by atoms with Crippen molar-refractivity contribution in [2.24, 2.45) is 0 Å². The van der Waals surface area contributed by atoms with E-state index in [1.54, 1.807) is 29.1 Å². The van der Waals surface area contributed by atoms with Gasteiger partial charge in [0, 0.05) is 24.0 Å². The van der Waals surface area contributed by atoms with Crippen molar-refractivity contribution in [1.82, 2.24) is 14.8 Å². The zero-order valence-corrected chi connectivity index (χ0v) is 14.9. The molecule has 27 heavy (non-hydrogen) atoms. The number of carbonyl (C=O) groups is 1. The Morgan fingerprint density at radius 2 is 2.00 bits per heavy atom. The molecule has 2 radical (unpaired) electrons. The van der Waals surface area contributed by atoms with Gasteiger partial charge >= 0.3 is 0 Å². The second-order valence-corrected chi connectivity index (χ2v) is 6.26. The molecule has 0 aliphatic carbocycles. The van der Waals surface area contributed by atoms with Crippen LogP contribution in [-0.4, -0.2) is 39.1 Å². The van der Waals surface area contributed by atoms with E-state index in [2.05, 4.69) is 10.1 Å². The Balaban J connectivity index is 2.08. The lowest BCUT2D eigenvalue weighted by atomic mass is 9.87. The first-order valence-electron chi connectivity index (χ1n) is 8.32. The molecule has 2 heterocycles. The molecular weight excluding hydrogens is 345 g/mol. The predicted octanol–water partition coefficient (Wildman–Crippen LogP) is 2.39. The molecule has 3 rings (SSSR count). The van der Waals surface area contributed by atoms with Gasteiger partial charge in [-0.25, -0.2) is 0 Å².